The number of amides is 2. The standard InChI is InChI=1S/C30H42N4O4/c1-29(2,3)38-28(36)34-16-12-30(13-17-34)11-7-14-31-15-8-18-37-26-10-6-5-9-25(26)23-19-24(21-32-20-23)27(35)33(4)22-30/h5-6,9-10,19-21,31H,7-8,11-18,22H2,1-4H3. The van der Waals surface area contributed by atoms with E-state index in [2.05, 4.69) is 10.3 Å². The molecule has 38 heavy (non-hydrogen) atoms. The number of piperidine rings is 1. The lowest BCUT2D eigenvalue weighted by Gasteiger charge is -2.44. The molecule has 1 spiro atoms. The Hall–Kier alpha value is -3.13. The summed E-state index contributed by atoms with van der Waals surface area (Å²) in [5.41, 5.74) is 1.79. The largest absolute Gasteiger partial charge is 0.493 e. The van der Waals surface area contributed by atoms with Crippen molar-refractivity contribution < 1.29 is 19.1 Å². The SMILES string of the molecule is CN1CC2(CCCNCCCOc3ccccc3-c3cncc(c3)C1=O)CCN(C(=O)OC(C)(C)C)CC2. The molecule has 2 aliphatic rings. The first-order chi connectivity index (χ1) is 18.2. The average Bonchev–Trinajstić information content (AvgIpc) is 2.89. The van der Waals surface area contributed by atoms with E-state index >= 15 is 0 Å². The van der Waals surface area contributed by atoms with Crippen molar-refractivity contribution in [3.8, 4) is 16.9 Å². The monoisotopic (exact) mass is 522 g/mol. The number of pyridine rings is 1. The van der Waals surface area contributed by atoms with Crippen LogP contribution in [0.3, 0.4) is 0 Å². The van der Waals surface area contributed by atoms with Crippen LogP contribution >= 0.6 is 0 Å². The van der Waals surface area contributed by atoms with Crippen molar-refractivity contribution in [1.29, 1.82) is 0 Å². The van der Waals surface area contributed by atoms with Gasteiger partial charge in [0.05, 0.1) is 12.2 Å². The highest BCUT2D eigenvalue weighted by Gasteiger charge is 2.38. The molecule has 0 saturated carbocycles. The van der Waals surface area contributed by atoms with Gasteiger partial charge in [0, 0.05) is 50.2 Å². The second-order valence-electron chi connectivity index (χ2n) is 11.6. The molecule has 0 unspecified atom stereocenters. The Labute approximate surface area is 226 Å². The van der Waals surface area contributed by atoms with Crippen molar-refractivity contribution >= 4 is 12.0 Å². The first-order valence-corrected chi connectivity index (χ1v) is 13.8. The average molecular weight is 523 g/mol. The van der Waals surface area contributed by atoms with E-state index in [0.717, 1.165) is 62.1 Å². The summed E-state index contributed by atoms with van der Waals surface area (Å²) in [6, 6.07) is 9.81. The number of carbonyl (C=O) groups is 2. The molecule has 1 aromatic heterocycles. The lowest BCUT2D eigenvalue weighted by atomic mass is 9.74. The van der Waals surface area contributed by atoms with Gasteiger partial charge in [0.15, 0.2) is 0 Å². The van der Waals surface area contributed by atoms with Gasteiger partial charge in [0.25, 0.3) is 5.91 Å². The topological polar surface area (TPSA) is 84.0 Å². The van der Waals surface area contributed by atoms with E-state index in [0.29, 0.717) is 31.8 Å². The van der Waals surface area contributed by atoms with E-state index in [1.54, 1.807) is 12.4 Å². The third kappa shape index (κ3) is 7.25. The highest BCUT2D eigenvalue weighted by atomic mass is 16.6. The fourth-order valence-corrected chi connectivity index (χ4v) is 5.40. The molecule has 1 saturated heterocycles. The molecule has 2 aromatic rings. The molecule has 4 rings (SSSR count). The first-order valence-electron chi connectivity index (χ1n) is 13.8. The third-order valence-electron chi connectivity index (χ3n) is 7.39. The summed E-state index contributed by atoms with van der Waals surface area (Å²) < 4.78 is 11.7. The molecule has 1 aromatic carbocycles. The van der Waals surface area contributed by atoms with Gasteiger partial charge in [-0.3, -0.25) is 9.78 Å². The molecule has 206 valence electrons. The van der Waals surface area contributed by atoms with E-state index in [1.807, 2.05) is 68.0 Å². The lowest BCUT2D eigenvalue weighted by Crippen LogP contribution is -2.49. The molecule has 2 aliphatic heterocycles. The third-order valence-corrected chi connectivity index (χ3v) is 7.39. The molecule has 0 radical (unpaired) electrons. The zero-order valence-electron chi connectivity index (χ0n) is 23.3. The van der Waals surface area contributed by atoms with E-state index in [4.69, 9.17) is 9.47 Å². The Kier molecular flexibility index (Phi) is 8.92. The Bertz CT molecular complexity index is 1110. The fraction of sp³-hybridized carbons (Fsp3) is 0.567. The minimum Gasteiger partial charge on any atom is -0.493 e. The van der Waals surface area contributed by atoms with Gasteiger partial charge < -0.3 is 24.6 Å². The molecule has 2 amide bonds. The normalized spacial score (nSPS) is 19.3. The first kappa shape index (κ1) is 27.9. The summed E-state index contributed by atoms with van der Waals surface area (Å²) in [4.78, 5) is 34.3. The van der Waals surface area contributed by atoms with Crippen LogP contribution in [-0.2, 0) is 4.74 Å². The Morgan fingerprint density at radius 3 is 2.53 bits per heavy atom. The number of hydrogen-bond donors (Lipinski definition) is 1. The van der Waals surface area contributed by atoms with Crippen LogP contribution in [0.5, 0.6) is 5.75 Å². The van der Waals surface area contributed by atoms with E-state index in [-0.39, 0.29) is 17.4 Å². The highest BCUT2D eigenvalue weighted by Crippen LogP contribution is 2.38. The summed E-state index contributed by atoms with van der Waals surface area (Å²) in [7, 11) is 1.88. The Morgan fingerprint density at radius 2 is 1.76 bits per heavy atom. The van der Waals surface area contributed by atoms with Crippen LogP contribution in [0.15, 0.2) is 42.7 Å². The molecule has 0 atom stereocenters. The quantitative estimate of drug-likeness (QED) is 0.525. The fourth-order valence-electron chi connectivity index (χ4n) is 5.40. The predicted molar refractivity (Wildman–Crippen MR) is 148 cm³/mol. The van der Waals surface area contributed by atoms with Gasteiger partial charge in [0.1, 0.15) is 11.4 Å². The van der Waals surface area contributed by atoms with Crippen LogP contribution < -0.4 is 10.1 Å². The van der Waals surface area contributed by atoms with Crippen molar-refractivity contribution in [3.05, 3.63) is 48.3 Å². The minimum atomic E-state index is -0.514. The lowest BCUT2D eigenvalue weighted by molar-refractivity contribution is 0.00379. The Balaban J connectivity index is 1.54. The van der Waals surface area contributed by atoms with Crippen LogP contribution in [-0.4, -0.2) is 78.8 Å². The maximum absolute atomic E-state index is 13.6. The molecule has 2 bridgehead atoms. The van der Waals surface area contributed by atoms with Gasteiger partial charge in [-0.15, -0.1) is 0 Å². The number of fused-ring (bicyclic) bond motifs is 4. The second kappa shape index (κ2) is 12.2. The Morgan fingerprint density at radius 1 is 1.05 bits per heavy atom. The number of nitrogens with one attached hydrogen (secondary N) is 1. The number of para-hydroxylation sites is 1. The maximum Gasteiger partial charge on any atom is 0.410 e. The highest BCUT2D eigenvalue weighted by molar-refractivity contribution is 5.95. The molecule has 8 nitrogen and oxygen atoms in total. The number of carbonyl (C=O) groups excluding carboxylic acids is 2. The van der Waals surface area contributed by atoms with E-state index in [9.17, 15) is 9.59 Å². The zero-order valence-corrected chi connectivity index (χ0v) is 23.3. The van der Waals surface area contributed by atoms with Gasteiger partial charge in [-0.1, -0.05) is 18.2 Å². The summed E-state index contributed by atoms with van der Waals surface area (Å²) in [6.07, 6.45) is 7.74. The van der Waals surface area contributed by atoms with Crippen molar-refractivity contribution in [1.82, 2.24) is 20.1 Å². The van der Waals surface area contributed by atoms with Gasteiger partial charge in [-0.25, -0.2) is 4.79 Å². The predicted octanol–water partition coefficient (Wildman–Crippen LogP) is 4.99. The summed E-state index contributed by atoms with van der Waals surface area (Å²) in [6.45, 7) is 9.99. The molecule has 8 heteroatoms. The molecule has 3 heterocycles. The number of benzene rings is 1. The number of aromatic nitrogens is 1. The van der Waals surface area contributed by atoms with E-state index < -0.39 is 5.60 Å². The number of nitrogens with zero attached hydrogens (tertiary/aromatic N) is 3. The summed E-state index contributed by atoms with van der Waals surface area (Å²) in [5, 5.41) is 3.55. The summed E-state index contributed by atoms with van der Waals surface area (Å²) >= 11 is 0. The number of hydrogen-bond acceptors (Lipinski definition) is 6. The number of rotatable bonds is 0. The van der Waals surface area contributed by atoms with Gasteiger partial charge in [0.2, 0.25) is 0 Å². The molecular formula is C30H42N4O4. The van der Waals surface area contributed by atoms with Crippen LogP contribution in [0.25, 0.3) is 11.1 Å². The van der Waals surface area contributed by atoms with Crippen molar-refractivity contribution in [2.75, 3.05) is 46.4 Å². The minimum absolute atomic E-state index is 0.0471. The summed E-state index contributed by atoms with van der Waals surface area (Å²) in [5.74, 6) is 0.751. The van der Waals surface area contributed by atoms with Crippen LogP contribution in [0, 0.1) is 5.41 Å². The van der Waals surface area contributed by atoms with Gasteiger partial charge >= 0.3 is 6.09 Å². The van der Waals surface area contributed by atoms with Crippen LogP contribution in [0.1, 0.15) is 63.2 Å². The van der Waals surface area contributed by atoms with Crippen molar-refractivity contribution in [2.45, 2.75) is 58.5 Å². The zero-order chi connectivity index (χ0) is 27.2. The second-order valence-corrected chi connectivity index (χ2v) is 11.6. The van der Waals surface area contributed by atoms with Gasteiger partial charge in [-0.2, -0.15) is 0 Å². The number of ether oxygens (including phenoxy) is 2. The maximum atomic E-state index is 13.6. The number of likely N-dealkylation sites (tertiary alicyclic amines) is 1. The molecule has 1 N–H and O–H groups in total. The molecular weight excluding hydrogens is 480 g/mol. The van der Waals surface area contributed by atoms with Crippen LogP contribution in [0.4, 0.5) is 4.79 Å². The van der Waals surface area contributed by atoms with Crippen molar-refractivity contribution in [2.24, 2.45) is 5.41 Å². The molecule has 1 fully saturated rings. The van der Waals surface area contributed by atoms with Crippen LogP contribution in [0.2, 0.25) is 0 Å². The molecule has 0 aliphatic carbocycles. The van der Waals surface area contributed by atoms with Gasteiger partial charge in [-0.05, 0) is 83.5 Å². The smallest absolute Gasteiger partial charge is 0.410 e. The van der Waals surface area contributed by atoms with Crippen molar-refractivity contribution in [3.63, 3.8) is 0 Å². The van der Waals surface area contributed by atoms with E-state index in [1.165, 1.54) is 0 Å².